The molecular formula is C32H29CrN12O12S4. The normalized spacial score (nSPS) is 12.3. The molecule has 0 saturated heterocycles. The molecule has 1 radical (unpaired) electrons. The molecule has 0 spiro atoms. The van der Waals surface area contributed by atoms with Gasteiger partial charge in [-0.2, -0.15) is 20.4 Å². The second-order valence-electron chi connectivity index (χ2n) is 12.1. The molecule has 319 valence electrons. The topological polar surface area (TPSA) is 418 Å². The van der Waals surface area contributed by atoms with Gasteiger partial charge in [-0.1, -0.05) is 23.6 Å². The first-order chi connectivity index (χ1) is 27.8. The predicted octanol–water partition coefficient (Wildman–Crippen LogP) is 0.186. The van der Waals surface area contributed by atoms with E-state index in [1.165, 1.54) is 62.4 Å². The number of aryl methyl sites for hydroxylation is 2. The number of nitrogens with two attached hydrogens (primary N) is 4. The van der Waals surface area contributed by atoms with Crippen molar-refractivity contribution in [2.75, 3.05) is 0 Å². The van der Waals surface area contributed by atoms with Gasteiger partial charge in [-0.25, -0.2) is 63.6 Å². The van der Waals surface area contributed by atoms with E-state index in [0.29, 0.717) is 0 Å². The molecule has 0 bridgehead atoms. The standard InChI is InChI=1S/2C16H16N6O6S2.Cr/c2*1-9-15(20-19-13-8-12(30(18,27)28)6-7-14(13)23)16(24)22(21-9)10-2-4-11(5-3-10)29(17,25)26;/h2*2-8,23-24H,1H3,(H2,17,25,26)(H2,18,27,28);/q;;+3/p-3. The van der Waals surface area contributed by atoms with Crippen molar-refractivity contribution in [1.82, 2.24) is 19.6 Å². The number of primary sulfonamides is 4. The van der Waals surface area contributed by atoms with Gasteiger partial charge >= 0.3 is 18.8 Å². The first-order valence-corrected chi connectivity index (χ1v) is 22.2. The molecule has 0 atom stereocenters. The van der Waals surface area contributed by atoms with Crippen molar-refractivity contribution >= 4 is 62.8 Å². The Labute approximate surface area is 358 Å². The molecule has 6 aromatic rings. The average molecular weight is 954 g/mol. The van der Waals surface area contributed by atoms with Crippen LogP contribution in [-0.2, 0) is 57.5 Å². The van der Waals surface area contributed by atoms with E-state index in [4.69, 9.17) is 20.6 Å². The third-order valence-corrected chi connectivity index (χ3v) is 11.5. The Morgan fingerprint density at radius 3 is 1.03 bits per heavy atom. The van der Waals surface area contributed by atoms with Crippen LogP contribution in [0.25, 0.3) is 11.4 Å². The molecule has 0 aliphatic heterocycles. The minimum absolute atomic E-state index is 0. The van der Waals surface area contributed by atoms with E-state index < -0.39 is 63.4 Å². The second kappa shape index (κ2) is 17.8. The monoisotopic (exact) mass is 953 g/mol. The van der Waals surface area contributed by atoms with Gasteiger partial charge in [0.25, 0.3) is 0 Å². The van der Waals surface area contributed by atoms with Gasteiger partial charge in [0.05, 0.1) is 53.7 Å². The van der Waals surface area contributed by atoms with Crippen molar-refractivity contribution in [2.24, 2.45) is 41.0 Å². The predicted molar refractivity (Wildman–Crippen MR) is 202 cm³/mol. The minimum Gasteiger partial charge on any atom is -0.871 e. The van der Waals surface area contributed by atoms with Crippen LogP contribution < -0.4 is 41.0 Å². The van der Waals surface area contributed by atoms with E-state index in [9.17, 15) is 54.1 Å². The van der Waals surface area contributed by atoms with Crippen LogP contribution in [0.2, 0.25) is 0 Å². The van der Waals surface area contributed by atoms with Crippen molar-refractivity contribution < 1.29 is 72.9 Å². The van der Waals surface area contributed by atoms with Crippen LogP contribution in [0.5, 0.6) is 23.3 Å². The van der Waals surface area contributed by atoms with Crippen LogP contribution in [0.3, 0.4) is 0 Å². The number of hydrogen-bond donors (Lipinski definition) is 4. The summed E-state index contributed by atoms with van der Waals surface area (Å²) in [5.74, 6) is -2.62. The molecule has 8 N–H and O–H groups in total. The van der Waals surface area contributed by atoms with Crippen LogP contribution in [0.4, 0.5) is 22.7 Å². The smallest absolute Gasteiger partial charge is 0.871 e. The van der Waals surface area contributed by atoms with Crippen molar-refractivity contribution in [3.63, 3.8) is 0 Å². The molecule has 2 aromatic heterocycles. The fraction of sp³-hybridized carbons (Fsp3) is 0.0625. The van der Waals surface area contributed by atoms with Gasteiger partial charge in [0, 0.05) is 11.8 Å². The Kier molecular flexibility index (Phi) is 13.9. The second-order valence-corrected chi connectivity index (χ2v) is 18.4. The molecule has 0 saturated carbocycles. The summed E-state index contributed by atoms with van der Waals surface area (Å²) in [6, 6.07) is 16.1. The van der Waals surface area contributed by atoms with Crippen molar-refractivity contribution in [2.45, 2.75) is 33.4 Å². The van der Waals surface area contributed by atoms with E-state index in [0.717, 1.165) is 45.8 Å². The van der Waals surface area contributed by atoms with Gasteiger partial charge in [0.15, 0.2) is 0 Å². The third-order valence-electron chi connectivity index (χ3n) is 7.83. The Morgan fingerprint density at radius 2 is 0.754 bits per heavy atom. The summed E-state index contributed by atoms with van der Waals surface area (Å²) >= 11 is 0. The van der Waals surface area contributed by atoms with Gasteiger partial charge < -0.3 is 20.4 Å². The molecular weight excluding hydrogens is 925 g/mol. The average Bonchev–Trinajstić information content (AvgIpc) is 3.61. The fourth-order valence-corrected chi connectivity index (χ4v) is 6.94. The van der Waals surface area contributed by atoms with Gasteiger partial charge in [-0.15, -0.1) is 10.2 Å². The summed E-state index contributed by atoms with van der Waals surface area (Å²) in [5, 5.41) is 92.0. The first kappa shape index (κ1) is 47.5. The van der Waals surface area contributed by atoms with Gasteiger partial charge in [-0.3, -0.25) is 0 Å². The molecule has 0 unspecified atom stereocenters. The van der Waals surface area contributed by atoms with Crippen LogP contribution in [0.1, 0.15) is 12.8 Å². The zero-order chi connectivity index (χ0) is 44.5. The number of aromatic nitrogens is 4. The maximum Gasteiger partial charge on any atom is 3.00 e. The van der Waals surface area contributed by atoms with Gasteiger partial charge in [-0.05, 0) is 86.6 Å². The summed E-state index contributed by atoms with van der Waals surface area (Å²) in [7, 11) is -15.9. The van der Waals surface area contributed by atoms with E-state index in [-0.39, 0.29) is 83.9 Å². The minimum atomic E-state index is -4.06. The summed E-state index contributed by atoms with van der Waals surface area (Å²) in [4.78, 5) is -0.943. The largest absolute Gasteiger partial charge is 3.00 e. The summed E-state index contributed by atoms with van der Waals surface area (Å²) in [6.45, 7) is 2.95. The van der Waals surface area contributed by atoms with Crippen LogP contribution in [0.15, 0.2) is 125 Å². The first-order valence-electron chi connectivity index (χ1n) is 16.1. The van der Waals surface area contributed by atoms with Crippen molar-refractivity contribution in [3.05, 3.63) is 96.3 Å². The van der Waals surface area contributed by atoms with Crippen molar-refractivity contribution in [1.29, 1.82) is 0 Å². The van der Waals surface area contributed by atoms with Crippen LogP contribution >= 0.6 is 0 Å². The van der Waals surface area contributed by atoms with E-state index >= 15 is 0 Å². The number of hydrogen-bond acceptors (Lipinski definition) is 18. The third kappa shape index (κ3) is 11.2. The number of rotatable bonds is 10. The van der Waals surface area contributed by atoms with Crippen LogP contribution in [0, 0.1) is 13.8 Å². The van der Waals surface area contributed by atoms with Crippen LogP contribution in [-0.4, -0.2) is 53.2 Å². The van der Waals surface area contributed by atoms with Gasteiger partial charge in [0.2, 0.25) is 40.1 Å². The summed E-state index contributed by atoms with van der Waals surface area (Å²) < 4.78 is 93.0. The maximum atomic E-state index is 12.6. The van der Waals surface area contributed by atoms with Crippen molar-refractivity contribution in [3.8, 4) is 34.6 Å². The zero-order valence-electron chi connectivity index (χ0n) is 31.9. The molecule has 0 fully saturated rings. The van der Waals surface area contributed by atoms with Gasteiger partial charge in [0.1, 0.15) is 11.4 Å². The Bertz CT molecular complexity index is 2950. The maximum absolute atomic E-state index is 12.6. The molecule has 0 amide bonds. The number of sulfonamides is 4. The molecule has 2 heterocycles. The number of azo groups is 2. The molecule has 29 heteroatoms. The Morgan fingerprint density at radius 1 is 0.475 bits per heavy atom. The zero-order valence-corrected chi connectivity index (χ0v) is 35.5. The number of benzene rings is 4. The fourth-order valence-electron chi connectivity index (χ4n) is 4.84. The summed E-state index contributed by atoms with van der Waals surface area (Å²) in [5.41, 5.74) is -0.188. The molecule has 0 aliphatic carbocycles. The molecule has 6 rings (SSSR count). The summed E-state index contributed by atoms with van der Waals surface area (Å²) in [6.07, 6.45) is 0. The number of nitrogens with zero attached hydrogens (tertiary/aromatic N) is 8. The molecule has 24 nitrogen and oxygen atoms in total. The SMILES string of the molecule is Cc1nn(-c2ccc(S(N)(=O)=O)cc2)c([O-])c1N=Nc1cc(S(N)(=O)=O)ccc1[O-].Cc1nn(-c2ccc(S(N)(=O)=O)cc2)c([O-])c1N=Nc1cc(S(N)(=O)=O)ccc1[O-].[Cr+3].[H+]. The quantitative estimate of drug-likeness (QED) is 0.133. The molecule has 61 heavy (non-hydrogen) atoms. The molecule has 4 aromatic carbocycles. The van der Waals surface area contributed by atoms with E-state index in [2.05, 4.69) is 30.7 Å². The Balaban J connectivity index is 0.000000320. The Hall–Kier alpha value is -6.13. The molecule has 0 aliphatic rings. The van der Waals surface area contributed by atoms with E-state index in [1.807, 2.05) is 0 Å². The van der Waals surface area contributed by atoms with E-state index in [1.54, 1.807) is 0 Å².